The zero-order chi connectivity index (χ0) is 16.1. The smallest absolute Gasteiger partial charge is 0.419 e. The van der Waals surface area contributed by atoms with E-state index < -0.39 is 17.6 Å². The number of nitrogen functional groups attached to an aromatic ring is 1. The largest absolute Gasteiger partial charge is 0.425 e. The van der Waals surface area contributed by atoms with E-state index in [0.29, 0.717) is 16.4 Å². The van der Waals surface area contributed by atoms with Crippen molar-refractivity contribution in [2.24, 2.45) is 0 Å². The molecule has 114 valence electrons. The number of para-hydroxylation sites is 1. The van der Waals surface area contributed by atoms with Crippen LogP contribution in [0.5, 0.6) is 0 Å². The fourth-order valence-electron chi connectivity index (χ4n) is 2.25. The minimum Gasteiger partial charge on any atom is -0.425 e. The van der Waals surface area contributed by atoms with Crippen LogP contribution in [0.3, 0.4) is 0 Å². The van der Waals surface area contributed by atoms with Gasteiger partial charge in [0.2, 0.25) is 5.95 Å². The maximum Gasteiger partial charge on any atom is 0.419 e. The monoisotopic (exact) mass is 311 g/mol. The van der Waals surface area contributed by atoms with Gasteiger partial charge in [0.05, 0.1) is 5.56 Å². The summed E-state index contributed by atoms with van der Waals surface area (Å²) in [7, 11) is 0. The first-order valence-corrected chi connectivity index (χ1v) is 6.12. The molecule has 22 heavy (non-hydrogen) atoms. The summed E-state index contributed by atoms with van der Waals surface area (Å²) in [4.78, 5) is 3.92. The van der Waals surface area contributed by atoms with Crippen molar-refractivity contribution >= 4 is 17.0 Å². The quantitative estimate of drug-likeness (QED) is 0.532. The van der Waals surface area contributed by atoms with Gasteiger partial charge in [0.15, 0.2) is 0 Å². The van der Waals surface area contributed by atoms with Gasteiger partial charge < -0.3 is 10.9 Å². The van der Waals surface area contributed by atoms with Gasteiger partial charge in [0, 0.05) is 5.56 Å². The maximum absolute atomic E-state index is 13.4. The van der Waals surface area contributed by atoms with Crippen LogP contribution in [-0.4, -0.2) is 14.9 Å². The Balaban J connectivity index is 2.27. The number of nitrogens with zero attached hydrogens (tertiary/aromatic N) is 2. The molecule has 3 N–H and O–H groups in total. The highest BCUT2D eigenvalue weighted by atomic mass is 19.4. The van der Waals surface area contributed by atoms with Crippen molar-refractivity contribution in [3.63, 3.8) is 0 Å². The van der Waals surface area contributed by atoms with Crippen molar-refractivity contribution < 1.29 is 22.8 Å². The standard InChI is InChI=1S/C14H9F4N3O/c15-10-5-4-7(6-9(10)14(16,17)18)8-2-1-3-11-12(8)20-13(19)21(11)22/h1-6,22H,(H2,19,20). The van der Waals surface area contributed by atoms with E-state index in [9.17, 15) is 22.8 Å². The summed E-state index contributed by atoms with van der Waals surface area (Å²) < 4.78 is 52.4. The molecule has 4 nitrogen and oxygen atoms in total. The van der Waals surface area contributed by atoms with Crippen molar-refractivity contribution in [1.82, 2.24) is 9.71 Å². The van der Waals surface area contributed by atoms with E-state index in [2.05, 4.69) is 4.98 Å². The molecule has 0 amide bonds. The normalized spacial score (nSPS) is 12.0. The molecule has 0 aliphatic heterocycles. The molecule has 0 bridgehead atoms. The molecule has 1 aromatic heterocycles. The second-order valence-corrected chi connectivity index (χ2v) is 4.65. The molecule has 0 aliphatic carbocycles. The average Bonchev–Trinajstić information content (AvgIpc) is 2.74. The van der Waals surface area contributed by atoms with Gasteiger partial charge >= 0.3 is 6.18 Å². The van der Waals surface area contributed by atoms with Gasteiger partial charge in [0.25, 0.3) is 0 Å². The summed E-state index contributed by atoms with van der Waals surface area (Å²) in [5.41, 5.74) is 5.02. The second kappa shape index (κ2) is 4.62. The molecule has 0 saturated carbocycles. The molecule has 0 saturated heterocycles. The van der Waals surface area contributed by atoms with Crippen LogP contribution in [0.15, 0.2) is 36.4 Å². The zero-order valence-corrected chi connectivity index (χ0v) is 10.9. The van der Waals surface area contributed by atoms with E-state index in [1.165, 1.54) is 24.3 Å². The Hall–Kier alpha value is -2.77. The predicted molar refractivity (Wildman–Crippen MR) is 71.7 cm³/mol. The van der Waals surface area contributed by atoms with Crippen molar-refractivity contribution in [1.29, 1.82) is 0 Å². The van der Waals surface area contributed by atoms with Gasteiger partial charge in [-0.05, 0) is 23.8 Å². The van der Waals surface area contributed by atoms with Gasteiger partial charge in [-0.1, -0.05) is 18.2 Å². The number of imidazole rings is 1. The lowest BCUT2D eigenvalue weighted by atomic mass is 10.0. The number of benzene rings is 2. The zero-order valence-electron chi connectivity index (χ0n) is 10.9. The number of fused-ring (bicyclic) bond motifs is 1. The van der Waals surface area contributed by atoms with E-state index in [4.69, 9.17) is 5.73 Å². The van der Waals surface area contributed by atoms with E-state index in [0.717, 1.165) is 6.07 Å². The number of nitrogens with two attached hydrogens (primary N) is 1. The van der Waals surface area contributed by atoms with Gasteiger partial charge in [0.1, 0.15) is 16.9 Å². The lowest BCUT2D eigenvalue weighted by molar-refractivity contribution is -0.139. The first-order valence-electron chi connectivity index (χ1n) is 6.12. The number of alkyl halides is 3. The lowest BCUT2D eigenvalue weighted by Crippen LogP contribution is -2.08. The van der Waals surface area contributed by atoms with Crippen LogP contribution in [0.25, 0.3) is 22.2 Å². The van der Waals surface area contributed by atoms with Gasteiger partial charge in [-0.3, -0.25) is 0 Å². The van der Waals surface area contributed by atoms with Crippen LogP contribution in [0.4, 0.5) is 23.5 Å². The highest BCUT2D eigenvalue weighted by molar-refractivity contribution is 5.93. The Morgan fingerprint density at radius 3 is 2.55 bits per heavy atom. The van der Waals surface area contributed by atoms with Crippen LogP contribution in [0, 0.1) is 5.82 Å². The molecule has 0 atom stereocenters. The molecule has 0 fully saturated rings. The summed E-state index contributed by atoms with van der Waals surface area (Å²) in [5.74, 6) is -1.55. The van der Waals surface area contributed by atoms with Gasteiger partial charge in [-0.2, -0.15) is 13.2 Å². The summed E-state index contributed by atoms with van der Waals surface area (Å²) >= 11 is 0. The molecular formula is C14H9F4N3O. The van der Waals surface area contributed by atoms with E-state index in [1.54, 1.807) is 0 Å². The molecule has 0 spiro atoms. The summed E-state index contributed by atoms with van der Waals surface area (Å²) in [6.07, 6.45) is -4.80. The minimum atomic E-state index is -4.80. The fourth-order valence-corrected chi connectivity index (χ4v) is 2.25. The molecule has 1 heterocycles. The van der Waals surface area contributed by atoms with Gasteiger partial charge in [-0.25, -0.2) is 9.37 Å². The third kappa shape index (κ3) is 2.12. The van der Waals surface area contributed by atoms with Crippen molar-refractivity contribution in [3.05, 3.63) is 47.8 Å². The number of anilines is 1. The summed E-state index contributed by atoms with van der Waals surface area (Å²) in [6.45, 7) is 0. The van der Waals surface area contributed by atoms with Crippen LogP contribution >= 0.6 is 0 Å². The van der Waals surface area contributed by atoms with E-state index >= 15 is 0 Å². The van der Waals surface area contributed by atoms with E-state index in [1.807, 2.05) is 0 Å². The third-order valence-corrected chi connectivity index (χ3v) is 3.27. The Morgan fingerprint density at radius 1 is 1.14 bits per heavy atom. The van der Waals surface area contributed by atoms with Crippen molar-refractivity contribution in [3.8, 4) is 11.1 Å². The average molecular weight is 311 g/mol. The lowest BCUT2D eigenvalue weighted by Gasteiger charge is -2.10. The van der Waals surface area contributed by atoms with Crippen LogP contribution in [0.1, 0.15) is 5.56 Å². The van der Waals surface area contributed by atoms with Crippen molar-refractivity contribution in [2.75, 3.05) is 5.73 Å². The van der Waals surface area contributed by atoms with Crippen LogP contribution < -0.4 is 5.73 Å². The minimum absolute atomic E-state index is 0.123. The number of aromatic nitrogens is 2. The first-order chi connectivity index (χ1) is 10.3. The Morgan fingerprint density at radius 2 is 1.86 bits per heavy atom. The molecule has 0 aliphatic rings. The number of halogens is 4. The Labute approximate surface area is 121 Å². The molecule has 0 radical (unpaired) electrons. The van der Waals surface area contributed by atoms with Crippen molar-refractivity contribution in [2.45, 2.75) is 6.18 Å². The van der Waals surface area contributed by atoms with Crippen LogP contribution in [-0.2, 0) is 6.18 Å². The molecular weight excluding hydrogens is 302 g/mol. The topological polar surface area (TPSA) is 64.1 Å². The summed E-state index contributed by atoms with van der Waals surface area (Å²) in [5, 5.41) is 9.69. The SMILES string of the molecule is Nc1nc2c(-c3ccc(F)c(C(F)(F)F)c3)cccc2n1O. The fraction of sp³-hybridized carbons (Fsp3) is 0.0714. The van der Waals surface area contributed by atoms with E-state index in [-0.39, 0.29) is 22.5 Å². The Bertz CT molecular complexity index is 870. The molecule has 3 aromatic rings. The molecule has 8 heteroatoms. The predicted octanol–water partition coefficient (Wildman–Crippen LogP) is 3.68. The van der Waals surface area contributed by atoms with Crippen LogP contribution in [0.2, 0.25) is 0 Å². The third-order valence-electron chi connectivity index (χ3n) is 3.27. The Kier molecular flexibility index (Phi) is 2.98. The first kappa shape index (κ1) is 14.2. The number of hydrogen-bond donors (Lipinski definition) is 2. The highest BCUT2D eigenvalue weighted by Crippen LogP contribution is 2.36. The number of rotatable bonds is 1. The van der Waals surface area contributed by atoms with Gasteiger partial charge in [-0.15, -0.1) is 4.73 Å². The summed E-state index contributed by atoms with van der Waals surface area (Å²) in [6, 6.07) is 7.22. The molecule has 0 unspecified atom stereocenters. The number of hydrogen-bond acceptors (Lipinski definition) is 3. The maximum atomic E-state index is 13.4. The molecule has 2 aromatic carbocycles. The highest BCUT2D eigenvalue weighted by Gasteiger charge is 2.34. The molecule has 3 rings (SSSR count). The second-order valence-electron chi connectivity index (χ2n) is 4.65.